The highest BCUT2D eigenvalue weighted by molar-refractivity contribution is 6.33. The molecule has 0 atom stereocenters. The van der Waals surface area contributed by atoms with Crippen LogP contribution in [-0.4, -0.2) is 29.0 Å². The second-order valence-electron chi connectivity index (χ2n) is 4.33. The topological polar surface area (TPSA) is 84.3 Å². The predicted molar refractivity (Wildman–Crippen MR) is 89.5 cm³/mol. The fourth-order valence-corrected chi connectivity index (χ4v) is 2.41. The van der Waals surface area contributed by atoms with Crippen LogP contribution in [0.1, 0.15) is 56.6 Å². The van der Waals surface area contributed by atoms with Crippen LogP contribution in [0.5, 0.6) is 0 Å². The van der Waals surface area contributed by atoms with Crippen molar-refractivity contribution in [1.29, 1.82) is 0 Å². The molecule has 1 heterocycles. The van der Waals surface area contributed by atoms with Gasteiger partial charge in [-0.3, -0.25) is 4.79 Å². The van der Waals surface area contributed by atoms with E-state index in [9.17, 15) is 4.79 Å². The third kappa shape index (κ3) is 8.24. The highest BCUT2D eigenvalue weighted by Gasteiger charge is 2.18. The van der Waals surface area contributed by atoms with Crippen molar-refractivity contribution in [2.45, 2.75) is 52.0 Å². The van der Waals surface area contributed by atoms with Crippen molar-refractivity contribution in [3.8, 4) is 0 Å². The number of nitrogens with one attached hydrogen (secondary N) is 1. The molecule has 1 aromatic heterocycles. The molecule has 6 nitrogen and oxygen atoms in total. The molecule has 0 spiro atoms. The lowest BCUT2D eigenvalue weighted by atomic mass is 9.95. The van der Waals surface area contributed by atoms with Crippen LogP contribution in [0.3, 0.4) is 0 Å². The minimum absolute atomic E-state index is 0.0353. The Bertz CT molecular complexity index is 446. The fraction of sp³-hybridized carbons (Fsp3) is 0.643. The van der Waals surface area contributed by atoms with Gasteiger partial charge in [0.15, 0.2) is 0 Å². The van der Waals surface area contributed by atoms with E-state index >= 15 is 0 Å². The maximum Gasteiger partial charge on any atom is 0.289 e. The predicted octanol–water partition coefficient (Wildman–Crippen LogP) is 4.25. The Labute approximate surface area is 141 Å². The average molecular weight is 349 g/mol. The first kappa shape index (κ1) is 20.7. The molecule has 22 heavy (non-hydrogen) atoms. The number of nitrogens with zero attached hydrogens (tertiary/aromatic N) is 3. The lowest BCUT2D eigenvalue weighted by Crippen LogP contribution is -2.37. The molecule has 124 valence electrons. The Hall–Kier alpha value is -1.27. The molecule has 0 aromatic carbocycles. The summed E-state index contributed by atoms with van der Waals surface area (Å²) in [7, 11) is 1.19. The number of halogens is 2. The second kappa shape index (κ2) is 12.3. The van der Waals surface area contributed by atoms with E-state index in [2.05, 4.69) is 20.5 Å². The van der Waals surface area contributed by atoms with E-state index in [0.717, 1.165) is 25.7 Å². The quantitative estimate of drug-likeness (QED) is 0.639. The monoisotopic (exact) mass is 348 g/mol. The van der Waals surface area contributed by atoms with Gasteiger partial charge in [-0.25, -0.2) is 9.97 Å². The van der Waals surface area contributed by atoms with Gasteiger partial charge in [0.25, 0.3) is 5.91 Å². The molecule has 8 heteroatoms. The Kier molecular flexibility index (Phi) is 11.6. The number of carbonyl (C=O) groups excluding carboxylic acids is 1. The average Bonchev–Trinajstić information content (AvgIpc) is 2.50. The third-order valence-corrected chi connectivity index (χ3v) is 3.19. The van der Waals surface area contributed by atoms with Gasteiger partial charge in [-0.2, -0.15) is 4.91 Å². The molecule has 1 N–H and O–H groups in total. The minimum Gasteiger partial charge on any atom is -0.347 e. The zero-order valence-electron chi connectivity index (χ0n) is 13.1. The van der Waals surface area contributed by atoms with E-state index in [1.165, 1.54) is 19.5 Å². The molecule has 1 aliphatic rings. The standard InChI is InChI=1S/C11H13Cl2N3O.C2H6.CH3NO/c12-8-6-9(13)16-10(15-8)11(17)14-7-4-2-1-3-5-7;1-2;1-2-3/h6-7H,1-5H2,(H,14,17);1-2H3;1H3. The van der Waals surface area contributed by atoms with Gasteiger partial charge in [0.05, 0.1) is 7.05 Å². The summed E-state index contributed by atoms with van der Waals surface area (Å²) < 4.78 is 0. The number of aromatic nitrogens is 2. The van der Waals surface area contributed by atoms with E-state index in [1.54, 1.807) is 0 Å². The number of amides is 1. The van der Waals surface area contributed by atoms with Crippen molar-refractivity contribution in [3.63, 3.8) is 0 Å². The van der Waals surface area contributed by atoms with Gasteiger partial charge < -0.3 is 5.32 Å². The fourth-order valence-electron chi connectivity index (χ4n) is 1.99. The van der Waals surface area contributed by atoms with Gasteiger partial charge >= 0.3 is 0 Å². The van der Waals surface area contributed by atoms with Gasteiger partial charge in [-0.1, -0.05) is 61.5 Å². The summed E-state index contributed by atoms with van der Waals surface area (Å²) in [6.45, 7) is 4.00. The van der Waals surface area contributed by atoms with E-state index in [0.29, 0.717) is 0 Å². The molecule has 1 saturated carbocycles. The van der Waals surface area contributed by atoms with Crippen LogP contribution < -0.4 is 5.32 Å². The molecule has 1 fully saturated rings. The number of hydrogen-bond donors (Lipinski definition) is 1. The Morgan fingerprint density at radius 3 is 2.09 bits per heavy atom. The minimum atomic E-state index is -0.304. The zero-order chi connectivity index (χ0) is 17.0. The van der Waals surface area contributed by atoms with Crippen molar-refractivity contribution in [1.82, 2.24) is 15.3 Å². The van der Waals surface area contributed by atoms with Gasteiger partial charge in [0.1, 0.15) is 10.3 Å². The van der Waals surface area contributed by atoms with Crippen molar-refractivity contribution < 1.29 is 4.79 Å². The Morgan fingerprint density at radius 1 is 1.18 bits per heavy atom. The first-order valence-corrected chi connectivity index (χ1v) is 8.04. The SMILES string of the molecule is CC.CN=O.O=C(NC1CCCCC1)c1nc(Cl)cc(Cl)n1. The molecule has 0 unspecified atom stereocenters. The molecule has 1 aromatic rings. The number of rotatable bonds is 2. The highest BCUT2D eigenvalue weighted by atomic mass is 35.5. The van der Waals surface area contributed by atoms with Crippen LogP contribution >= 0.6 is 23.2 Å². The first-order chi connectivity index (χ1) is 10.6. The second-order valence-corrected chi connectivity index (χ2v) is 5.10. The highest BCUT2D eigenvalue weighted by Crippen LogP contribution is 2.18. The van der Waals surface area contributed by atoms with E-state index < -0.39 is 0 Å². The van der Waals surface area contributed by atoms with Crippen LogP contribution in [0.4, 0.5) is 0 Å². The molecule has 1 aliphatic carbocycles. The smallest absolute Gasteiger partial charge is 0.289 e. The molecular formula is C14H22Cl2N4O2. The van der Waals surface area contributed by atoms with Crippen LogP contribution in [0.25, 0.3) is 0 Å². The van der Waals surface area contributed by atoms with E-state index in [1.807, 2.05) is 13.8 Å². The third-order valence-electron chi connectivity index (χ3n) is 2.81. The Balaban J connectivity index is 0.000000789. The van der Waals surface area contributed by atoms with Crippen molar-refractivity contribution in [2.24, 2.45) is 5.18 Å². The largest absolute Gasteiger partial charge is 0.347 e. The zero-order valence-corrected chi connectivity index (χ0v) is 14.6. The first-order valence-electron chi connectivity index (χ1n) is 7.29. The van der Waals surface area contributed by atoms with Crippen LogP contribution in [0.2, 0.25) is 10.3 Å². The Morgan fingerprint density at radius 2 is 1.64 bits per heavy atom. The van der Waals surface area contributed by atoms with Crippen LogP contribution in [-0.2, 0) is 0 Å². The molecule has 0 aliphatic heterocycles. The molecule has 2 rings (SSSR count). The summed E-state index contributed by atoms with van der Waals surface area (Å²) in [5.41, 5.74) is 0. The summed E-state index contributed by atoms with van der Waals surface area (Å²) in [6, 6.07) is 1.62. The van der Waals surface area contributed by atoms with Gasteiger partial charge in [0, 0.05) is 12.1 Å². The molecule has 0 radical (unpaired) electrons. The number of nitroso groups, excluding NO2 is 1. The summed E-state index contributed by atoms with van der Waals surface area (Å²) in [5, 5.41) is 5.52. The van der Waals surface area contributed by atoms with E-state index in [-0.39, 0.29) is 28.1 Å². The maximum absolute atomic E-state index is 11.9. The molecular weight excluding hydrogens is 327 g/mol. The summed E-state index contributed by atoms with van der Waals surface area (Å²) >= 11 is 11.4. The lowest BCUT2D eigenvalue weighted by Gasteiger charge is -2.22. The van der Waals surface area contributed by atoms with Gasteiger partial charge in [-0.05, 0) is 12.8 Å². The van der Waals surface area contributed by atoms with Crippen molar-refractivity contribution >= 4 is 29.1 Å². The van der Waals surface area contributed by atoms with Gasteiger partial charge in [0.2, 0.25) is 5.82 Å². The summed E-state index contributed by atoms with van der Waals surface area (Å²) in [5.74, 6) is -0.269. The van der Waals surface area contributed by atoms with Gasteiger partial charge in [-0.15, -0.1) is 0 Å². The number of carbonyl (C=O) groups is 1. The normalized spacial score (nSPS) is 13.9. The van der Waals surface area contributed by atoms with Crippen LogP contribution in [0, 0.1) is 4.91 Å². The number of hydrogen-bond acceptors (Lipinski definition) is 5. The lowest BCUT2D eigenvalue weighted by molar-refractivity contribution is 0.0917. The van der Waals surface area contributed by atoms with Crippen LogP contribution in [0.15, 0.2) is 11.2 Å². The summed E-state index contributed by atoms with van der Waals surface area (Å²) in [4.78, 5) is 28.1. The maximum atomic E-state index is 11.9. The summed E-state index contributed by atoms with van der Waals surface area (Å²) in [6.07, 6.45) is 5.58. The van der Waals surface area contributed by atoms with Crippen molar-refractivity contribution in [2.75, 3.05) is 7.05 Å². The molecule has 0 saturated heterocycles. The molecule has 0 bridgehead atoms. The molecule has 1 amide bonds. The van der Waals surface area contributed by atoms with E-state index in [4.69, 9.17) is 28.1 Å². The van der Waals surface area contributed by atoms with Crippen molar-refractivity contribution in [3.05, 3.63) is 27.1 Å².